The molecule has 2 heteroatoms. The maximum Gasteiger partial charge on any atom is 0.124 e. The first-order chi connectivity index (χ1) is 8.83. The largest absolute Gasteiger partial charge is 0.488 e. The summed E-state index contributed by atoms with van der Waals surface area (Å²) < 4.78 is 6.02. The van der Waals surface area contributed by atoms with Crippen LogP contribution in [0.1, 0.15) is 49.7 Å². The van der Waals surface area contributed by atoms with Crippen LogP contribution in [0.3, 0.4) is 0 Å². The van der Waals surface area contributed by atoms with E-state index in [0.717, 1.165) is 25.0 Å². The highest BCUT2D eigenvalue weighted by Gasteiger charge is 2.23. The van der Waals surface area contributed by atoms with E-state index >= 15 is 0 Å². The number of hydrogen-bond acceptors (Lipinski definition) is 2. The number of aliphatic hydroxyl groups is 1. The molecule has 18 heavy (non-hydrogen) atoms. The Morgan fingerprint density at radius 2 is 1.78 bits per heavy atom. The number of aliphatic hydroxyl groups excluding tert-OH is 1. The summed E-state index contributed by atoms with van der Waals surface area (Å²) in [5.74, 6) is 0.946. The molecule has 98 valence electrons. The van der Waals surface area contributed by atoms with E-state index in [4.69, 9.17) is 4.74 Å². The molecular formula is C16H22O2. The van der Waals surface area contributed by atoms with Gasteiger partial charge < -0.3 is 9.84 Å². The van der Waals surface area contributed by atoms with Gasteiger partial charge in [0.15, 0.2) is 0 Å². The number of aryl methyl sites for hydroxylation is 2. The number of benzene rings is 1. The topological polar surface area (TPSA) is 29.5 Å². The third-order valence-corrected chi connectivity index (χ3v) is 4.28. The highest BCUT2D eigenvalue weighted by Crippen LogP contribution is 2.28. The first-order valence-corrected chi connectivity index (χ1v) is 7.29. The van der Waals surface area contributed by atoms with Crippen LogP contribution in [0.15, 0.2) is 18.2 Å². The third kappa shape index (κ3) is 2.54. The Morgan fingerprint density at radius 1 is 0.944 bits per heavy atom. The second-order valence-electron chi connectivity index (χ2n) is 5.65. The third-order valence-electron chi connectivity index (χ3n) is 4.28. The Hall–Kier alpha value is -1.02. The maximum atomic E-state index is 10.1. The molecule has 2 unspecified atom stereocenters. The van der Waals surface area contributed by atoms with Crippen LogP contribution < -0.4 is 4.74 Å². The van der Waals surface area contributed by atoms with Gasteiger partial charge in [0.05, 0.1) is 6.10 Å². The van der Waals surface area contributed by atoms with Crippen molar-refractivity contribution in [2.24, 2.45) is 0 Å². The second-order valence-corrected chi connectivity index (χ2v) is 5.65. The Balaban J connectivity index is 1.71. The maximum absolute atomic E-state index is 10.1. The van der Waals surface area contributed by atoms with E-state index in [1.807, 2.05) is 0 Å². The summed E-state index contributed by atoms with van der Waals surface area (Å²) in [7, 11) is 0. The van der Waals surface area contributed by atoms with E-state index < -0.39 is 0 Å². The second kappa shape index (κ2) is 5.31. The van der Waals surface area contributed by atoms with E-state index in [2.05, 4.69) is 18.2 Å². The predicted molar refractivity (Wildman–Crippen MR) is 72.0 cm³/mol. The number of hydrogen-bond donors (Lipinski definition) is 1. The van der Waals surface area contributed by atoms with Gasteiger partial charge in [-0.05, 0) is 61.8 Å². The molecule has 1 aromatic rings. The van der Waals surface area contributed by atoms with Crippen LogP contribution in [0.4, 0.5) is 0 Å². The van der Waals surface area contributed by atoms with Crippen molar-refractivity contribution in [2.45, 2.75) is 63.6 Å². The van der Waals surface area contributed by atoms with Gasteiger partial charge in [-0.15, -0.1) is 0 Å². The Bertz CT molecular complexity index is 414. The van der Waals surface area contributed by atoms with Crippen molar-refractivity contribution in [3.8, 4) is 5.75 Å². The molecule has 1 aromatic carbocycles. The summed E-state index contributed by atoms with van der Waals surface area (Å²) in [5.41, 5.74) is 2.92. The van der Waals surface area contributed by atoms with Crippen LogP contribution in [0.25, 0.3) is 0 Å². The van der Waals surface area contributed by atoms with Crippen molar-refractivity contribution in [3.63, 3.8) is 0 Å². The van der Waals surface area contributed by atoms with Gasteiger partial charge in [-0.1, -0.05) is 18.9 Å². The number of ether oxygens (including phenoxy) is 1. The SMILES string of the molecule is OC1CCCCCC1Oc1ccc2c(c1)CCC2. The van der Waals surface area contributed by atoms with Gasteiger partial charge in [0.2, 0.25) is 0 Å². The van der Waals surface area contributed by atoms with Gasteiger partial charge >= 0.3 is 0 Å². The van der Waals surface area contributed by atoms with Crippen molar-refractivity contribution < 1.29 is 9.84 Å². The zero-order chi connectivity index (χ0) is 12.4. The summed E-state index contributed by atoms with van der Waals surface area (Å²) in [4.78, 5) is 0. The van der Waals surface area contributed by atoms with E-state index in [-0.39, 0.29) is 12.2 Å². The molecule has 2 nitrogen and oxygen atoms in total. The average molecular weight is 246 g/mol. The fourth-order valence-corrected chi connectivity index (χ4v) is 3.19. The van der Waals surface area contributed by atoms with Crippen LogP contribution in [-0.2, 0) is 12.8 Å². The van der Waals surface area contributed by atoms with Crippen molar-refractivity contribution in [1.29, 1.82) is 0 Å². The van der Waals surface area contributed by atoms with Crippen LogP contribution in [-0.4, -0.2) is 17.3 Å². The average Bonchev–Trinajstić information content (AvgIpc) is 2.75. The van der Waals surface area contributed by atoms with Crippen molar-refractivity contribution >= 4 is 0 Å². The highest BCUT2D eigenvalue weighted by atomic mass is 16.5. The zero-order valence-electron chi connectivity index (χ0n) is 10.9. The Labute approximate surface area is 109 Å². The summed E-state index contributed by atoms with van der Waals surface area (Å²) in [6.07, 6.45) is 8.76. The summed E-state index contributed by atoms with van der Waals surface area (Å²) in [6, 6.07) is 6.45. The van der Waals surface area contributed by atoms with Gasteiger partial charge in [-0.3, -0.25) is 0 Å². The van der Waals surface area contributed by atoms with E-state index in [0.29, 0.717) is 0 Å². The fourth-order valence-electron chi connectivity index (χ4n) is 3.19. The minimum Gasteiger partial charge on any atom is -0.488 e. The monoisotopic (exact) mass is 246 g/mol. The van der Waals surface area contributed by atoms with Crippen LogP contribution in [0.2, 0.25) is 0 Å². The summed E-state index contributed by atoms with van der Waals surface area (Å²) in [6.45, 7) is 0. The summed E-state index contributed by atoms with van der Waals surface area (Å²) in [5, 5.41) is 10.1. The van der Waals surface area contributed by atoms with Gasteiger partial charge in [-0.25, -0.2) is 0 Å². The van der Waals surface area contributed by atoms with Crippen LogP contribution in [0, 0.1) is 0 Å². The molecular weight excluding hydrogens is 224 g/mol. The number of rotatable bonds is 2. The van der Waals surface area contributed by atoms with Crippen molar-refractivity contribution in [2.75, 3.05) is 0 Å². The molecule has 1 N–H and O–H groups in total. The molecule has 0 aromatic heterocycles. The van der Waals surface area contributed by atoms with Gasteiger partial charge in [0.25, 0.3) is 0 Å². The molecule has 0 heterocycles. The fraction of sp³-hybridized carbons (Fsp3) is 0.625. The van der Waals surface area contributed by atoms with Crippen LogP contribution >= 0.6 is 0 Å². The summed E-state index contributed by atoms with van der Waals surface area (Å²) >= 11 is 0. The van der Waals surface area contributed by atoms with E-state index in [1.165, 1.54) is 43.2 Å². The lowest BCUT2D eigenvalue weighted by Gasteiger charge is -2.22. The standard InChI is InChI=1S/C16H22O2/c17-15-7-2-1-3-8-16(15)18-14-10-9-12-5-4-6-13(12)11-14/h9-11,15-17H,1-8H2. The molecule has 1 fully saturated rings. The molecule has 0 spiro atoms. The molecule has 0 saturated heterocycles. The predicted octanol–water partition coefficient (Wildman–Crippen LogP) is 3.25. The van der Waals surface area contributed by atoms with Gasteiger partial charge in [0.1, 0.15) is 11.9 Å². The molecule has 2 aliphatic rings. The quantitative estimate of drug-likeness (QED) is 0.812. The normalized spacial score (nSPS) is 27.6. The first kappa shape index (κ1) is 12.0. The molecule has 0 radical (unpaired) electrons. The molecule has 0 bridgehead atoms. The van der Waals surface area contributed by atoms with Gasteiger partial charge in [-0.2, -0.15) is 0 Å². The first-order valence-electron chi connectivity index (χ1n) is 7.29. The molecule has 2 aliphatic carbocycles. The molecule has 2 atom stereocenters. The van der Waals surface area contributed by atoms with E-state index in [1.54, 1.807) is 0 Å². The lowest BCUT2D eigenvalue weighted by Crippen LogP contribution is -2.30. The zero-order valence-corrected chi connectivity index (χ0v) is 10.9. The lowest BCUT2D eigenvalue weighted by atomic mass is 10.1. The minimum atomic E-state index is -0.291. The Morgan fingerprint density at radius 3 is 2.72 bits per heavy atom. The van der Waals surface area contributed by atoms with Gasteiger partial charge in [0, 0.05) is 0 Å². The molecule has 0 amide bonds. The van der Waals surface area contributed by atoms with Crippen molar-refractivity contribution in [3.05, 3.63) is 29.3 Å². The highest BCUT2D eigenvalue weighted by molar-refractivity contribution is 5.38. The molecule has 3 rings (SSSR count). The Kier molecular flexibility index (Phi) is 3.55. The minimum absolute atomic E-state index is 0.00745. The van der Waals surface area contributed by atoms with Crippen LogP contribution in [0.5, 0.6) is 5.75 Å². The molecule has 1 saturated carbocycles. The smallest absolute Gasteiger partial charge is 0.124 e. The van der Waals surface area contributed by atoms with E-state index in [9.17, 15) is 5.11 Å². The van der Waals surface area contributed by atoms with Crippen molar-refractivity contribution in [1.82, 2.24) is 0 Å². The number of fused-ring (bicyclic) bond motifs is 1. The lowest BCUT2D eigenvalue weighted by molar-refractivity contribution is 0.0319. The molecule has 0 aliphatic heterocycles.